The minimum absolute atomic E-state index is 0.434. The molecule has 1 aromatic heterocycles. The first-order valence-corrected chi connectivity index (χ1v) is 9.45. The first kappa shape index (κ1) is 19.2. The topological polar surface area (TPSA) is 50.2 Å². The molecule has 2 fully saturated rings. The molecular formula is C18H27F3N4O. The molecule has 146 valence electrons. The summed E-state index contributed by atoms with van der Waals surface area (Å²) < 4.78 is 39.5. The third-order valence-corrected chi connectivity index (χ3v) is 5.66. The molecule has 1 aliphatic carbocycles. The van der Waals surface area contributed by atoms with Crippen LogP contribution in [0.3, 0.4) is 0 Å². The lowest BCUT2D eigenvalue weighted by Gasteiger charge is -2.43. The lowest BCUT2D eigenvalue weighted by atomic mass is 9.85. The van der Waals surface area contributed by atoms with Crippen LogP contribution in [0.1, 0.15) is 44.9 Å². The Hall–Kier alpha value is -1.57. The summed E-state index contributed by atoms with van der Waals surface area (Å²) in [6, 6.07) is 0. The second-order valence-electron chi connectivity index (χ2n) is 7.64. The Balaban J connectivity index is 1.74. The van der Waals surface area contributed by atoms with E-state index in [-0.39, 0.29) is 0 Å². The van der Waals surface area contributed by atoms with Gasteiger partial charge in [-0.2, -0.15) is 13.2 Å². The molecule has 1 saturated heterocycles. The standard InChI is InChI=1S/C18H27F3N4O/c19-18(20,21)12-23-16(26)17(25-10-8-22-14-25)7-4-9-24(13-17)11-15-5-2-1-3-6-15/h8,10,14-15H,1-7,9,11-13H2,(H,23,26). The molecule has 1 atom stereocenters. The molecular weight excluding hydrogens is 345 g/mol. The van der Waals surface area contributed by atoms with Crippen LogP contribution in [-0.2, 0) is 10.3 Å². The Morgan fingerprint density at radius 2 is 2.00 bits per heavy atom. The van der Waals surface area contributed by atoms with Gasteiger partial charge in [-0.05, 0) is 38.1 Å². The van der Waals surface area contributed by atoms with Gasteiger partial charge in [-0.15, -0.1) is 0 Å². The van der Waals surface area contributed by atoms with Gasteiger partial charge >= 0.3 is 6.18 Å². The lowest BCUT2D eigenvalue weighted by molar-refractivity contribution is -0.146. The van der Waals surface area contributed by atoms with Crippen molar-refractivity contribution >= 4 is 5.91 Å². The van der Waals surface area contributed by atoms with Crippen molar-refractivity contribution in [2.45, 2.75) is 56.7 Å². The first-order valence-electron chi connectivity index (χ1n) is 9.45. The molecule has 1 unspecified atom stereocenters. The number of hydrogen-bond donors (Lipinski definition) is 1. The van der Waals surface area contributed by atoms with Gasteiger partial charge in [-0.1, -0.05) is 19.3 Å². The highest BCUT2D eigenvalue weighted by atomic mass is 19.4. The number of halogens is 3. The van der Waals surface area contributed by atoms with Gasteiger partial charge in [0, 0.05) is 25.5 Å². The van der Waals surface area contributed by atoms with Crippen molar-refractivity contribution in [2.75, 3.05) is 26.2 Å². The van der Waals surface area contributed by atoms with Crippen LogP contribution in [0, 0.1) is 5.92 Å². The Morgan fingerprint density at radius 3 is 2.65 bits per heavy atom. The van der Waals surface area contributed by atoms with Crippen LogP contribution >= 0.6 is 0 Å². The summed E-state index contributed by atoms with van der Waals surface area (Å²) in [5.74, 6) is 0.0572. The van der Waals surface area contributed by atoms with Crippen molar-refractivity contribution < 1.29 is 18.0 Å². The number of aromatic nitrogens is 2. The normalized spacial score (nSPS) is 26.0. The summed E-state index contributed by atoms with van der Waals surface area (Å²) in [7, 11) is 0. The fraction of sp³-hybridized carbons (Fsp3) is 0.778. The summed E-state index contributed by atoms with van der Waals surface area (Å²) in [5, 5.41) is 2.11. The number of carbonyl (C=O) groups excluding carboxylic acids is 1. The predicted octanol–water partition coefficient (Wildman–Crippen LogP) is 2.93. The summed E-state index contributed by atoms with van der Waals surface area (Å²) in [6.45, 7) is 0.941. The van der Waals surface area contributed by atoms with Gasteiger partial charge < -0.3 is 14.8 Å². The Kier molecular flexibility index (Phi) is 5.89. The van der Waals surface area contributed by atoms with E-state index < -0.39 is 24.2 Å². The van der Waals surface area contributed by atoms with Crippen LogP contribution in [0.25, 0.3) is 0 Å². The number of amides is 1. The molecule has 1 aromatic rings. The molecule has 0 bridgehead atoms. The zero-order chi connectivity index (χ0) is 18.6. The zero-order valence-corrected chi connectivity index (χ0v) is 15.0. The Bertz CT molecular complexity index is 584. The molecule has 1 aliphatic heterocycles. The number of rotatable bonds is 5. The van der Waals surface area contributed by atoms with Gasteiger partial charge in [-0.3, -0.25) is 4.79 Å². The maximum Gasteiger partial charge on any atom is 0.405 e. The predicted molar refractivity (Wildman–Crippen MR) is 91.5 cm³/mol. The van der Waals surface area contributed by atoms with Gasteiger partial charge in [0.2, 0.25) is 5.91 Å². The molecule has 0 spiro atoms. The van der Waals surface area contributed by atoms with E-state index in [2.05, 4.69) is 15.2 Å². The third kappa shape index (κ3) is 4.58. The molecule has 0 radical (unpaired) electrons. The number of likely N-dealkylation sites (tertiary alicyclic amines) is 1. The summed E-state index contributed by atoms with van der Waals surface area (Å²) in [6.07, 6.45) is 7.86. The third-order valence-electron chi connectivity index (χ3n) is 5.66. The van der Waals surface area contributed by atoms with E-state index in [9.17, 15) is 18.0 Å². The SMILES string of the molecule is O=C(NCC(F)(F)F)C1(n2ccnc2)CCCN(CC2CCCCC2)C1. The van der Waals surface area contributed by atoms with Gasteiger partial charge in [0.1, 0.15) is 12.1 Å². The van der Waals surface area contributed by atoms with E-state index in [0.29, 0.717) is 18.9 Å². The summed E-state index contributed by atoms with van der Waals surface area (Å²) in [5.41, 5.74) is -1.02. The second kappa shape index (κ2) is 7.98. The van der Waals surface area contributed by atoms with E-state index in [1.807, 2.05) is 0 Å². The van der Waals surface area contributed by atoms with Crippen molar-refractivity contribution in [1.82, 2.24) is 19.8 Å². The highest BCUT2D eigenvalue weighted by molar-refractivity contribution is 5.85. The Morgan fingerprint density at radius 1 is 1.23 bits per heavy atom. The molecule has 26 heavy (non-hydrogen) atoms. The quantitative estimate of drug-likeness (QED) is 0.865. The molecule has 2 heterocycles. The van der Waals surface area contributed by atoms with E-state index >= 15 is 0 Å². The van der Waals surface area contributed by atoms with Crippen LogP contribution in [-0.4, -0.2) is 52.7 Å². The van der Waals surface area contributed by atoms with Crippen molar-refractivity contribution in [2.24, 2.45) is 5.92 Å². The first-order chi connectivity index (χ1) is 12.4. The van der Waals surface area contributed by atoms with E-state index in [1.54, 1.807) is 17.0 Å². The van der Waals surface area contributed by atoms with Gasteiger partial charge in [0.15, 0.2) is 0 Å². The average molecular weight is 372 g/mol. The lowest BCUT2D eigenvalue weighted by Crippen LogP contribution is -2.59. The van der Waals surface area contributed by atoms with E-state index in [4.69, 9.17) is 0 Å². The summed E-state index contributed by atoms with van der Waals surface area (Å²) in [4.78, 5) is 19.1. The molecule has 1 N–H and O–H groups in total. The number of hydrogen-bond acceptors (Lipinski definition) is 3. The largest absolute Gasteiger partial charge is 0.405 e. The molecule has 0 aromatic carbocycles. The van der Waals surface area contributed by atoms with Crippen LogP contribution in [0.4, 0.5) is 13.2 Å². The number of nitrogens with one attached hydrogen (secondary N) is 1. The monoisotopic (exact) mass is 372 g/mol. The smallest absolute Gasteiger partial charge is 0.345 e. The van der Waals surface area contributed by atoms with Gasteiger partial charge in [-0.25, -0.2) is 4.98 Å². The van der Waals surface area contributed by atoms with Gasteiger partial charge in [0.05, 0.1) is 6.33 Å². The fourth-order valence-corrected chi connectivity index (χ4v) is 4.38. The minimum Gasteiger partial charge on any atom is -0.345 e. The van der Waals surface area contributed by atoms with Crippen LogP contribution in [0.2, 0.25) is 0 Å². The van der Waals surface area contributed by atoms with Crippen LogP contribution < -0.4 is 5.32 Å². The minimum atomic E-state index is -4.41. The molecule has 2 aliphatic rings. The Labute approximate surface area is 152 Å². The summed E-state index contributed by atoms with van der Waals surface area (Å²) >= 11 is 0. The van der Waals surface area contributed by atoms with Crippen molar-refractivity contribution in [3.63, 3.8) is 0 Å². The number of imidazole rings is 1. The zero-order valence-electron chi connectivity index (χ0n) is 15.0. The van der Waals surface area contributed by atoms with Gasteiger partial charge in [0.25, 0.3) is 0 Å². The van der Waals surface area contributed by atoms with E-state index in [1.165, 1.54) is 38.4 Å². The number of nitrogens with zero attached hydrogens (tertiary/aromatic N) is 3. The van der Waals surface area contributed by atoms with Crippen LogP contribution in [0.5, 0.6) is 0 Å². The second-order valence-corrected chi connectivity index (χ2v) is 7.64. The van der Waals surface area contributed by atoms with E-state index in [0.717, 1.165) is 19.5 Å². The average Bonchev–Trinajstić information content (AvgIpc) is 3.15. The molecule has 1 saturated carbocycles. The maximum absolute atomic E-state index is 12.8. The highest BCUT2D eigenvalue weighted by Gasteiger charge is 2.45. The van der Waals surface area contributed by atoms with Crippen molar-refractivity contribution in [3.05, 3.63) is 18.7 Å². The highest BCUT2D eigenvalue weighted by Crippen LogP contribution is 2.32. The molecule has 8 heteroatoms. The van der Waals surface area contributed by atoms with Crippen molar-refractivity contribution in [1.29, 1.82) is 0 Å². The number of alkyl halides is 3. The number of piperidine rings is 1. The molecule has 1 amide bonds. The molecule has 5 nitrogen and oxygen atoms in total. The molecule has 3 rings (SSSR count). The fourth-order valence-electron chi connectivity index (χ4n) is 4.38. The van der Waals surface area contributed by atoms with Crippen LogP contribution in [0.15, 0.2) is 18.7 Å². The number of carbonyl (C=O) groups is 1. The maximum atomic E-state index is 12.8. The van der Waals surface area contributed by atoms with Crippen molar-refractivity contribution in [3.8, 4) is 0 Å².